The number of nitrogens with zero attached hydrogens (tertiary/aromatic N) is 1. The van der Waals surface area contributed by atoms with Crippen molar-refractivity contribution in [2.45, 2.75) is 12.8 Å². The van der Waals surface area contributed by atoms with Gasteiger partial charge in [0.05, 0.1) is 18.7 Å². The molecular formula is C14H13NOS. The van der Waals surface area contributed by atoms with Crippen molar-refractivity contribution >= 4 is 11.3 Å². The van der Waals surface area contributed by atoms with Gasteiger partial charge in [-0.3, -0.25) is 0 Å². The van der Waals surface area contributed by atoms with E-state index in [4.69, 9.17) is 5.11 Å². The molecule has 0 bridgehead atoms. The fourth-order valence-electron chi connectivity index (χ4n) is 1.42. The monoisotopic (exact) mass is 243 g/mol. The van der Waals surface area contributed by atoms with E-state index in [0.29, 0.717) is 12.8 Å². The summed E-state index contributed by atoms with van der Waals surface area (Å²) in [6.45, 7) is 0.125. The molecule has 0 atom stereocenters. The van der Waals surface area contributed by atoms with Crippen molar-refractivity contribution in [3.63, 3.8) is 0 Å². The number of aliphatic hydroxyl groups is 1. The highest BCUT2D eigenvalue weighted by molar-refractivity contribution is 7.10. The molecule has 0 saturated heterocycles. The van der Waals surface area contributed by atoms with Gasteiger partial charge in [-0.25, -0.2) is 4.98 Å². The van der Waals surface area contributed by atoms with E-state index >= 15 is 0 Å². The van der Waals surface area contributed by atoms with Crippen molar-refractivity contribution in [2.24, 2.45) is 0 Å². The van der Waals surface area contributed by atoms with E-state index in [1.54, 1.807) is 11.3 Å². The number of hydrogen-bond acceptors (Lipinski definition) is 3. The molecule has 0 spiro atoms. The first-order chi connectivity index (χ1) is 8.40. The lowest BCUT2D eigenvalue weighted by atomic mass is 10.2. The van der Waals surface area contributed by atoms with Crippen LogP contribution >= 0.6 is 11.3 Å². The van der Waals surface area contributed by atoms with Gasteiger partial charge in [-0.2, -0.15) is 0 Å². The lowest BCUT2D eigenvalue weighted by Gasteiger charge is -1.93. The average Bonchev–Trinajstić information content (AvgIpc) is 2.85. The first-order valence-electron chi connectivity index (χ1n) is 5.46. The minimum absolute atomic E-state index is 0.125. The number of hydrogen-bond donors (Lipinski definition) is 1. The summed E-state index contributed by atoms with van der Waals surface area (Å²) in [5.41, 5.74) is 2.15. The second kappa shape index (κ2) is 6.19. The minimum atomic E-state index is 0.125. The summed E-state index contributed by atoms with van der Waals surface area (Å²) in [5, 5.41) is 11.7. The molecule has 1 aromatic heterocycles. The van der Waals surface area contributed by atoms with E-state index in [1.165, 1.54) is 0 Å². The van der Waals surface area contributed by atoms with Crippen LogP contribution < -0.4 is 0 Å². The minimum Gasteiger partial charge on any atom is -0.395 e. The summed E-state index contributed by atoms with van der Waals surface area (Å²) in [4.78, 5) is 4.53. The molecule has 0 aliphatic carbocycles. The zero-order valence-corrected chi connectivity index (χ0v) is 10.2. The number of benzene rings is 1. The lowest BCUT2D eigenvalue weighted by Crippen LogP contribution is -1.82. The molecule has 3 heteroatoms. The topological polar surface area (TPSA) is 33.1 Å². The van der Waals surface area contributed by atoms with Crippen molar-refractivity contribution in [2.75, 3.05) is 6.61 Å². The largest absolute Gasteiger partial charge is 0.395 e. The standard InChI is InChI=1S/C14H13NOS/c16-10-6-2-5-9-14-15-13(11-17-14)12-7-3-1-4-8-12/h1,3-4,7-8,11,16H,6,9-10H2. The zero-order valence-electron chi connectivity index (χ0n) is 9.39. The quantitative estimate of drug-likeness (QED) is 0.841. The maximum atomic E-state index is 8.60. The average molecular weight is 243 g/mol. The van der Waals surface area contributed by atoms with Crippen LogP contribution in [-0.2, 0) is 6.42 Å². The van der Waals surface area contributed by atoms with Crippen LogP contribution in [0.25, 0.3) is 11.3 Å². The number of rotatable bonds is 3. The summed E-state index contributed by atoms with van der Waals surface area (Å²) in [6.07, 6.45) is 1.20. The third kappa shape index (κ3) is 3.42. The van der Waals surface area contributed by atoms with Crippen LogP contribution in [0.5, 0.6) is 0 Å². The molecule has 0 saturated carbocycles. The fraction of sp³-hybridized carbons (Fsp3) is 0.214. The van der Waals surface area contributed by atoms with E-state index in [0.717, 1.165) is 16.3 Å². The molecule has 0 radical (unpaired) electrons. The highest BCUT2D eigenvalue weighted by Crippen LogP contribution is 2.21. The van der Waals surface area contributed by atoms with Crippen molar-refractivity contribution in [1.29, 1.82) is 0 Å². The summed E-state index contributed by atoms with van der Waals surface area (Å²) < 4.78 is 0. The van der Waals surface area contributed by atoms with Gasteiger partial charge in [-0.1, -0.05) is 36.3 Å². The van der Waals surface area contributed by atoms with Crippen LogP contribution in [-0.4, -0.2) is 16.7 Å². The van der Waals surface area contributed by atoms with E-state index in [2.05, 4.69) is 34.3 Å². The molecular weight excluding hydrogens is 230 g/mol. The maximum absolute atomic E-state index is 8.60. The molecule has 2 rings (SSSR count). The maximum Gasteiger partial charge on any atom is 0.105 e. The number of thiazole rings is 1. The Labute approximate surface area is 105 Å². The highest BCUT2D eigenvalue weighted by atomic mass is 32.1. The Kier molecular flexibility index (Phi) is 4.31. The van der Waals surface area contributed by atoms with Crippen LogP contribution in [0.3, 0.4) is 0 Å². The molecule has 0 aliphatic rings. The van der Waals surface area contributed by atoms with Crippen LogP contribution in [0.15, 0.2) is 35.7 Å². The second-order valence-corrected chi connectivity index (χ2v) is 4.44. The number of aromatic nitrogens is 1. The summed E-state index contributed by atoms with van der Waals surface area (Å²) in [5.74, 6) is 5.90. The third-order valence-electron chi connectivity index (χ3n) is 2.22. The van der Waals surface area contributed by atoms with Crippen LogP contribution in [0.4, 0.5) is 0 Å². The Morgan fingerprint density at radius 3 is 2.76 bits per heavy atom. The third-order valence-corrected chi connectivity index (χ3v) is 3.07. The Bertz CT molecular complexity index is 522. The van der Waals surface area contributed by atoms with Gasteiger partial charge in [0.1, 0.15) is 5.01 Å². The van der Waals surface area contributed by atoms with E-state index < -0.39 is 0 Å². The zero-order chi connectivity index (χ0) is 11.9. The molecule has 2 nitrogen and oxygen atoms in total. The number of aliphatic hydroxyl groups excluding tert-OH is 1. The Morgan fingerprint density at radius 2 is 2.00 bits per heavy atom. The molecule has 0 amide bonds. The van der Waals surface area contributed by atoms with Gasteiger partial charge in [0, 0.05) is 17.4 Å². The first kappa shape index (κ1) is 11.8. The van der Waals surface area contributed by atoms with Gasteiger partial charge in [0.15, 0.2) is 0 Å². The summed E-state index contributed by atoms with van der Waals surface area (Å²) in [6, 6.07) is 10.1. The molecule has 17 heavy (non-hydrogen) atoms. The van der Waals surface area contributed by atoms with E-state index in [1.807, 2.05) is 18.2 Å². The predicted molar refractivity (Wildman–Crippen MR) is 70.7 cm³/mol. The molecule has 1 aromatic carbocycles. The highest BCUT2D eigenvalue weighted by Gasteiger charge is 2.02. The molecule has 0 unspecified atom stereocenters. The molecule has 2 aromatic rings. The first-order valence-corrected chi connectivity index (χ1v) is 6.34. The van der Waals surface area contributed by atoms with Gasteiger partial charge < -0.3 is 5.11 Å². The smallest absolute Gasteiger partial charge is 0.105 e. The Balaban J connectivity index is 2.05. The van der Waals surface area contributed by atoms with Crippen LogP contribution in [0, 0.1) is 11.8 Å². The van der Waals surface area contributed by atoms with E-state index in [9.17, 15) is 0 Å². The van der Waals surface area contributed by atoms with E-state index in [-0.39, 0.29) is 6.61 Å². The summed E-state index contributed by atoms with van der Waals surface area (Å²) >= 11 is 1.63. The van der Waals surface area contributed by atoms with Crippen LogP contribution in [0.2, 0.25) is 0 Å². The van der Waals surface area contributed by atoms with Gasteiger partial charge in [0.25, 0.3) is 0 Å². The Morgan fingerprint density at radius 1 is 1.18 bits per heavy atom. The normalized spacial score (nSPS) is 9.71. The van der Waals surface area contributed by atoms with Crippen molar-refractivity contribution in [3.8, 4) is 23.1 Å². The van der Waals surface area contributed by atoms with Crippen molar-refractivity contribution in [1.82, 2.24) is 4.98 Å². The fourth-order valence-corrected chi connectivity index (χ4v) is 2.16. The van der Waals surface area contributed by atoms with Crippen molar-refractivity contribution in [3.05, 3.63) is 40.7 Å². The molecule has 1 N–H and O–H groups in total. The van der Waals surface area contributed by atoms with Gasteiger partial charge in [-0.05, 0) is 0 Å². The molecule has 0 fully saturated rings. The SMILES string of the molecule is OCCC#CCc1nc(-c2ccccc2)cs1. The summed E-state index contributed by atoms with van der Waals surface area (Å²) in [7, 11) is 0. The van der Waals surface area contributed by atoms with Gasteiger partial charge in [-0.15, -0.1) is 17.3 Å². The Hall–Kier alpha value is -1.63. The predicted octanol–water partition coefficient (Wildman–Crippen LogP) is 2.74. The van der Waals surface area contributed by atoms with Gasteiger partial charge in [0.2, 0.25) is 0 Å². The second-order valence-electron chi connectivity index (χ2n) is 3.50. The van der Waals surface area contributed by atoms with Crippen molar-refractivity contribution < 1.29 is 5.11 Å². The molecule has 86 valence electrons. The van der Waals surface area contributed by atoms with Crippen LogP contribution in [0.1, 0.15) is 11.4 Å². The molecule has 0 aliphatic heterocycles. The lowest BCUT2D eigenvalue weighted by molar-refractivity contribution is 0.305. The van der Waals surface area contributed by atoms with Gasteiger partial charge >= 0.3 is 0 Å². The molecule has 1 heterocycles.